The lowest BCUT2D eigenvalue weighted by molar-refractivity contribution is -0.120. The summed E-state index contributed by atoms with van der Waals surface area (Å²) in [5.41, 5.74) is 6.85. The van der Waals surface area contributed by atoms with Crippen LogP contribution in [0.1, 0.15) is 43.7 Å². The summed E-state index contributed by atoms with van der Waals surface area (Å²) in [4.78, 5) is 12.0. The van der Waals surface area contributed by atoms with Gasteiger partial charge in [-0.3, -0.25) is 4.79 Å². The standard InChI is InChI=1S/C15H21NO2/c16-15(12-6-2-1-3-7-12)14(17)10-4-8-13-9-5-11-18-13/h1-3,6-7,13,15H,4-5,8-11,16H2. The van der Waals surface area contributed by atoms with Crippen molar-refractivity contribution in [2.45, 2.75) is 44.2 Å². The Kier molecular flexibility index (Phi) is 4.90. The van der Waals surface area contributed by atoms with Crippen LogP contribution in [-0.4, -0.2) is 18.5 Å². The molecule has 0 aliphatic carbocycles. The molecule has 1 saturated heterocycles. The molecule has 0 amide bonds. The van der Waals surface area contributed by atoms with Gasteiger partial charge in [0.15, 0.2) is 5.78 Å². The lowest BCUT2D eigenvalue weighted by Crippen LogP contribution is -2.21. The van der Waals surface area contributed by atoms with E-state index in [0.717, 1.165) is 37.9 Å². The summed E-state index contributed by atoms with van der Waals surface area (Å²) in [5, 5.41) is 0. The molecule has 1 heterocycles. The second-order valence-electron chi connectivity index (χ2n) is 4.88. The third kappa shape index (κ3) is 3.65. The largest absolute Gasteiger partial charge is 0.378 e. The number of rotatable bonds is 6. The van der Waals surface area contributed by atoms with Crippen LogP contribution < -0.4 is 5.73 Å². The summed E-state index contributed by atoms with van der Waals surface area (Å²) in [6.45, 7) is 0.877. The molecule has 0 spiro atoms. The monoisotopic (exact) mass is 247 g/mol. The Labute approximate surface area is 108 Å². The minimum absolute atomic E-state index is 0.124. The predicted octanol–water partition coefficient (Wildman–Crippen LogP) is 2.60. The zero-order valence-electron chi connectivity index (χ0n) is 10.7. The molecular weight excluding hydrogens is 226 g/mol. The molecule has 1 aromatic rings. The van der Waals surface area contributed by atoms with E-state index in [9.17, 15) is 4.79 Å². The van der Waals surface area contributed by atoms with Crippen molar-refractivity contribution in [1.29, 1.82) is 0 Å². The molecule has 1 fully saturated rings. The number of carbonyl (C=O) groups excluding carboxylic acids is 1. The fourth-order valence-corrected chi connectivity index (χ4v) is 2.38. The van der Waals surface area contributed by atoms with Crippen LogP contribution in [0.15, 0.2) is 30.3 Å². The van der Waals surface area contributed by atoms with E-state index in [2.05, 4.69) is 0 Å². The molecule has 1 aliphatic rings. The van der Waals surface area contributed by atoms with E-state index in [-0.39, 0.29) is 5.78 Å². The van der Waals surface area contributed by atoms with Gasteiger partial charge in [-0.15, -0.1) is 0 Å². The van der Waals surface area contributed by atoms with Crippen molar-refractivity contribution >= 4 is 5.78 Å². The van der Waals surface area contributed by atoms with Crippen LogP contribution in [0.3, 0.4) is 0 Å². The number of benzene rings is 1. The summed E-state index contributed by atoms with van der Waals surface area (Å²) < 4.78 is 5.54. The molecule has 3 heteroatoms. The van der Waals surface area contributed by atoms with Crippen LogP contribution in [0.25, 0.3) is 0 Å². The Balaban J connectivity index is 1.74. The summed E-state index contributed by atoms with van der Waals surface area (Å²) in [6.07, 6.45) is 5.07. The van der Waals surface area contributed by atoms with Crippen LogP contribution in [0.2, 0.25) is 0 Å². The average Bonchev–Trinajstić information content (AvgIpc) is 2.92. The van der Waals surface area contributed by atoms with Gasteiger partial charge < -0.3 is 10.5 Å². The maximum Gasteiger partial charge on any atom is 0.154 e. The number of nitrogens with two attached hydrogens (primary N) is 1. The molecule has 1 aromatic carbocycles. The van der Waals surface area contributed by atoms with Gasteiger partial charge in [0.05, 0.1) is 12.1 Å². The summed E-state index contributed by atoms with van der Waals surface area (Å²) in [6, 6.07) is 9.09. The predicted molar refractivity (Wildman–Crippen MR) is 71.2 cm³/mol. The number of ketones is 1. The van der Waals surface area contributed by atoms with Gasteiger partial charge in [0.25, 0.3) is 0 Å². The Morgan fingerprint density at radius 1 is 1.39 bits per heavy atom. The van der Waals surface area contributed by atoms with Crippen molar-refractivity contribution in [1.82, 2.24) is 0 Å². The number of Topliss-reactive ketones (excluding diaryl/α,β-unsaturated/α-hetero) is 1. The maximum atomic E-state index is 12.0. The third-order valence-corrected chi connectivity index (χ3v) is 3.48. The highest BCUT2D eigenvalue weighted by Crippen LogP contribution is 2.19. The van der Waals surface area contributed by atoms with E-state index in [1.807, 2.05) is 30.3 Å². The topological polar surface area (TPSA) is 52.3 Å². The maximum absolute atomic E-state index is 12.0. The van der Waals surface area contributed by atoms with E-state index < -0.39 is 6.04 Å². The third-order valence-electron chi connectivity index (χ3n) is 3.48. The van der Waals surface area contributed by atoms with Gasteiger partial charge in [-0.05, 0) is 31.2 Å². The Hall–Kier alpha value is -1.19. The van der Waals surface area contributed by atoms with Gasteiger partial charge in [-0.25, -0.2) is 0 Å². The van der Waals surface area contributed by atoms with Crippen LogP contribution in [0, 0.1) is 0 Å². The SMILES string of the molecule is NC(C(=O)CCCC1CCCO1)c1ccccc1. The van der Waals surface area contributed by atoms with Gasteiger partial charge in [0, 0.05) is 13.0 Å². The van der Waals surface area contributed by atoms with Gasteiger partial charge in [-0.1, -0.05) is 30.3 Å². The summed E-state index contributed by atoms with van der Waals surface area (Å²) in [7, 11) is 0. The van der Waals surface area contributed by atoms with E-state index in [0.29, 0.717) is 12.5 Å². The lowest BCUT2D eigenvalue weighted by Gasteiger charge is -2.12. The van der Waals surface area contributed by atoms with Crippen molar-refractivity contribution in [2.75, 3.05) is 6.61 Å². The minimum Gasteiger partial charge on any atom is -0.378 e. The van der Waals surface area contributed by atoms with Crippen molar-refractivity contribution < 1.29 is 9.53 Å². The van der Waals surface area contributed by atoms with Gasteiger partial charge in [0.2, 0.25) is 0 Å². The number of ether oxygens (including phenoxy) is 1. The van der Waals surface area contributed by atoms with Crippen molar-refractivity contribution in [3.05, 3.63) is 35.9 Å². The Morgan fingerprint density at radius 3 is 2.83 bits per heavy atom. The molecule has 1 aliphatic heterocycles. The normalized spacial score (nSPS) is 20.8. The quantitative estimate of drug-likeness (QED) is 0.840. The molecule has 18 heavy (non-hydrogen) atoms. The fourth-order valence-electron chi connectivity index (χ4n) is 2.38. The van der Waals surface area contributed by atoms with Crippen molar-refractivity contribution in [2.24, 2.45) is 5.73 Å². The molecule has 0 aromatic heterocycles. The lowest BCUT2D eigenvalue weighted by atomic mass is 9.99. The molecule has 0 saturated carbocycles. The van der Waals surface area contributed by atoms with Crippen LogP contribution >= 0.6 is 0 Å². The minimum atomic E-state index is -0.476. The second kappa shape index (κ2) is 6.66. The Bertz CT molecular complexity index is 371. The average molecular weight is 247 g/mol. The number of carbonyl (C=O) groups is 1. The van der Waals surface area contributed by atoms with Crippen LogP contribution in [0.5, 0.6) is 0 Å². The highest BCUT2D eigenvalue weighted by Gasteiger charge is 2.18. The molecule has 2 rings (SSSR count). The number of hydrogen-bond donors (Lipinski definition) is 1. The van der Waals surface area contributed by atoms with E-state index in [1.165, 1.54) is 0 Å². The zero-order valence-corrected chi connectivity index (χ0v) is 10.7. The van der Waals surface area contributed by atoms with Gasteiger partial charge >= 0.3 is 0 Å². The van der Waals surface area contributed by atoms with Gasteiger partial charge in [-0.2, -0.15) is 0 Å². The van der Waals surface area contributed by atoms with Crippen molar-refractivity contribution in [3.63, 3.8) is 0 Å². The number of hydrogen-bond acceptors (Lipinski definition) is 3. The second-order valence-corrected chi connectivity index (χ2v) is 4.88. The molecule has 3 nitrogen and oxygen atoms in total. The van der Waals surface area contributed by atoms with Crippen molar-refractivity contribution in [3.8, 4) is 0 Å². The molecule has 2 atom stereocenters. The smallest absolute Gasteiger partial charge is 0.154 e. The first-order chi connectivity index (χ1) is 8.77. The zero-order chi connectivity index (χ0) is 12.8. The van der Waals surface area contributed by atoms with E-state index in [4.69, 9.17) is 10.5 Å². The van der Waals surface area contributed by atoms with E-state index >= 15 is 0 Å². The summed E-state index contributed by atoms with van der Waals surface area (Å²) >= 11 is 0. The first-order valence-corrected chi connectivity index (χ1v) is 6.72. The first kappa shape index (κ1) is 13.2. The molecule has 2 N–H and O–H groups in total. The molecular formula is C15H21NO2. The van der Waals surface area contributed by atoms with Crippen LogP contribution in [0.4, 0.5) is 0 Å². The molecule has 2 unspecified atom stereocenters. The highest BCUT2D eigenvalue weighted by molar-refractivity contribution is 5.84. The van der Waals surface area contributed by atoms with Crippen LogP contribution in [-0.2, 0) is 9.53 Å². The molecule has 0 radical (unpaired) electrons. The van der Waals surface area contributed by atoms with E-state index in [1.54, 1.807) is 0 Å². The molecule has 98 valence electrons. The summed E-state index contributed by atoms with van der Waals surface area (Å²) in [5.74, 6) is 0.124. The first-order valence-electron chi connectivity index (χ1n) is 6.72. The fraction of sp³-hybridized carbons (Fsp3) is 0.533. The highest BCUT2D eigenvalue weighted by atomic mass is 16.5. The van der Waals surface area contributed by atoms with Gasteiger partial charge in [0.1, 0.15) is 0 Å². The molecule has 0 bridgehead atoms. The Morgan fingerprint density at radius 2 is 2.17 bits per heavy atom.